The minimum Gasteiger partial charge on any atom is -0.355 e. The lowest BCUT2D eigenvalue weighted by molar-refractivity contribution is -0.120. The molecule has 3 rings (SSSR count). The SMILES string of the molecule is CN(C)C(=O)c1cccc(NC(=O)C2CCN(c3cnccn3)CC2)c1. The van der Waals surface area contributed by atoms with Crippen molar-refractivity contribution < 1.29 is 9.59 Å². The first-order chi connectivity index (χ1) is 12.5. The van der Waals surface area contributed by atoms with Gasteiger partial charge in [-0.1, -0.05) is 6.07 Å². The topological polar surface area (TPSA) is 78.4 Å². The molecule has 1 saturated heterocycles. The molecular weight excluding hydrogens is 330 g/mol. The van der Waals surface area contributed by atoms with E-state index in [2.05, 4.69) is 20.2 Å². The zero-order valence-corrected chi connectivity index (χ0v) is 15.1. The van der Waals surface area contributed by atoms with Gasteiger partial charge in [-0.2, -0.15) is 0 Å². The summed E-state index contributed by atoms with van der Waals surface area (Å²) in [6.45, 7) is 1.55. The number of piperidine rings is 1. The van der Waals surface area contributed by atoms with Crippen LogP contribution in [0.1, 0.15) is 23.2 Å². The van der Waals surface area contributed by atoms with Gasteiger partial charge in [-0.3, -0.25) is 14.6 Å². The van der Waals surface area contributed by atoms with Crippen LogP contribution in [0.5, 0.6) is 0 Å². The number of hydrogen-bond donors (Lipinski definition) is 1. The Hall–Kier alpha value is -2.96. The molecule has 26 heavy (non-hydrogen) atoms. The molecule has 7 nitrogen and oxygen atoms in total. The molecule has 2 heterocycles. The Labute approximate surface area is 153 Å². The van der Waals surface area contributed by atoms with Gasteiger partial charge in [-0.15, -0.1) is 0 Å². The average Bonchev–Trinajstić information content (AvgIpc) is 2.68. The molecule has 1 fully saturated rings. The van der Waals surface area contributed by atoms with Crippen LogP contribution in [0.3, 0.4) is 0 Å². The van der Waals surface area contributed by atoms with Gasteiger partial charge in [0, 0.05) is 56.7 Å². The summed E-state index contributed by atoms with van der Waals surface area (Å²) in [6.07, 6.45) is 6.60. The zero-order chi connectivity index (χ0) is 18.5. The third-order valence-electron chi connectivity index (χ3n) is 4.52. The highest BCUT2D eigenvalue weighted by Gasteiger charge is 2.25. The molecule has 136 valence electrons. The van der Waals surface area contributed by atoms with Gasteiger partial charge in [0.25, 0.3) is 5.91 Å². The molecular formula is C19H23N5O2. The van der Waals surface area contributed by atoms with Crippen molar-refractivity contribution in [1.82, 2.24) is 14.9 Å². The minimum absolute atomic E-state index is 0.00162. The van der Waals surface area contributed by atoms with Crippen LogP contribution in [0.4, 0.5) is 11.5 Å². The van der Waals surface area contributed by atoms with Crippen molar-refractivity contribution >= 4 is 23.3 Å². The summed E-state index contributed by atoms with van der Waals surface area (Å²) in [5.41, 5.74) is 1.21. The van der Waals surface area contributed by atoms with E-state index in [1.54, 1.807) is 57.0 Å². The van der Waals surface area contributed by atoms with E-state index in [0.717, 1.165) is 31.7 Å². The van der Waals surface area contributed by atoms with Crippen LogP contribution in [0.15, 0.2) is 42.9 Å². The molecule has 1 aliphatic heterocycles. The van der Waals surface area contributed by atoms with Crippen LogP contribution in [-0.2, 0) is 4.79 Å². The molecule has 2 amide bonds. The first kappa shape index (κ1) is 17.8. The molecule has 1 aliphatic rings. The predicted molar refractivity (Wildman–Crippen MR) is 100 cm³/mol. The molecule has 1 aromatic carbocycles. The maximum Gasteiger partial charge on any atom is 0.253 e. The normalized spacial score (nSPS) is 14.8. The number of benzene rings is 1. The van der Waals surface area contributed by atoms with Crippen LogP contribution < -0.4 is 10.2 Å². The number of nitrogens with zero attached hydrogens (tertiary/aromatic N) is 4. The van der Waals surface area contributed by atoms with E-state index in [1.165, 1.54) is 4.90 Å². The largest absolute Gasteiger partial charge is 0.355 e. The third kappa shape index (κ3) is 4.17. The van der Waals surface area contributed by atoms with Crippen molar-refractivity contribution in [3.05, 3.63) is 48.4 Å². The maximum atomic E-state index is 12.6. The summed E-state index contributed by atoms with van der Waals surface area (Å²) in [5.74, 6) is 0.717. The summed E-state index contributed by atoms with van der Waals surface area (Å²) >= 11 is 0. The summed E-state index contributed by atoms with van der Waals surface area (Å²) in [4.78, 5) is 36.7. The number of amides is 2. The maximum absolute atomic E-state index is 12.6. The Kier molecular flexibility index (Phi) is 5.46. The summed E-state index contributed by atoms with van der Waals surface area (Å²) in [5, 5.41) is 2.94. The second kappa shape index (κ2) is 7.95. The molecule has 2 aromatic rings. The van der Waals surface area contributed by atoms with Gasteiger partial charge in [0.2, 0.25) is 5.91 Å². The average molecular weight is 353 g/mol. The third-order valence-corrected chi connectivity index (χ3v) is 4.52. The van der Waals surface area contributed by atoms with E-state index >= 15 is 0 Å². The standard InChI is InChI=1S/C19H23N5O2/c1-23(2)19(26)15-4-3-5-16(12-15)22-18(25)14-6-10-24(11-7-14)17-13-20-8-9-21-17/h3-5,8-9,12-14H,6-7,10-11H2,1-2H3,(H,22,25). The molecule has 7 heteroatoms. The van der Waals surface area contributed by atoms with E-state index < -0.39 is 0 Å². The number of carbonyl (C=O) groups excluding carboxylic acids is 2. The Morgan fingerprint density at radius 1 is 1.19 bits per heavy atom. The highest BCUT2D eigenvalue weighted by Crippen LogP contribution is 2.23. The van der Waals surface area contributed by atoms with Gasteiger partial charge in [0.05, 0.1) is 6.20 Å². The van der Waals surface area contributed by atoms with Gasteiger partial charge in [-0.25, -0.2) is 4.98 Å². The molecule has 0 radical (unpaired) electrons. The monoisotopic (exact) mass is 353 g/mol. The highest BCUT2D eigenvalue weighted by atomic mass is 16.2. The number of carbonyl (C=O) groups is 2. The number of nitrogens with one attached hydrogen (secondary N) is 1. The number of hydrogen-bond acceptors (Lipinski definition) is 5. The lowest BCUT2D eigenvalue weighted by Gasteiger charge is -2.31. The Morgan fingerprint density at radius 3 is 2.62 bits per heavy atom. The van der Waals surface area contributed by atoms with Crippen molar-refractivity contribution in [3.8, 4) is 0 Å². The van der Waals surface area contributed by atoms with Crippen molar-refractivity contribution in [3.63, 3.8) is 0 Å². The Bertz CT molecular complexity index is 771. The molecule has 0 aliphatic carbocycles. The van der Waals surface area contributed by atoms with Crippen LogP contribution in [-0.4, -0.2) is 53.9 Å². The Morgan fingerprint density at radius 2 is 1.96 bits per heavy atom. The van der Waals surface area contributed by atoms with Gasteiger partial charge in [-0.05, 0) is 31.0 Å². The highest BCUT2D eigenvalue weighted by molar-refractivity contribution is 5.97. The van der Waals surface area contributed by atoms with Crippen molar-refractivity contribution in [2.24, 2.45) is 5.92 Å². The summed E-state index contributed by atoms with van der Waals surface area (Å²) in [6, 6.07) is 7.05. The zero-order valence-electron chi connectivity index (χ0n) is 15.1. The molecule has 0 saturated carbocycles. The van der Waals surface area contributed by atoms with Crippen LogP contribution >= 0.6 is 0 Å². The van der Waals surface area contributed by atoms with Gasteiger partial charge in [0.1, 0.15) is 5.82 Å². The van der Waals surface area contributed by atoms with Gasteiger partial charge < -0.3 is 15.1 Å². The van der Waals surface area contributed by atoms with Crippen molar-refractivity contribution in [2.45, 2.75) is 12.8 Å². The van der Waals surface area contributed by atoms with Crippen molar-refractivity contribution in [2.75, 3.05) is 37.4 Å². The van der Waals surface area contributed by atoms with E-state index in [0.29, 0.717) is 11.3 Å². The molecule has 0 atom stereocenters. The van der Waals surface area contributed by atoms with Crippen LogP contribution in [0, 0.1) is 5.92 Å². The quantitative estimate of drug-likeness (QED) is 0.910. The second-order valence-electron chi connectivity index (χ2n) is 6.59. The lowest BCUT2D eigenvalue weighted by Crippen LogP contribution is -2.38. The fraction of sp³-hybridized carbons (Fsp3) is 0.368. The fourth-order valence-electron chi connectivity index (χ4n) is 3.06. The molecule has 0 spiro atoms. The lowest BCUT2D eigenvalue weighted by atomic mass is 9.96. The number of anilines is 2. The minimum atomic E-state index is -0.0848. The van der Waals surface area contributed by atoms with Crippen LogP contribution in [0.25, 0.3) is 0 Å². The summed E-state index contributed by atoms with van der Waals surface area (Å²) < 4.78 is 0. The fourth-order valence-corrected chi connectivity index (χ4v) is 3.06. The van der Waals surface area contributed by atoms with E-state index in [1.807, 2.05) is 0 Å². The second-order valence-corrected chi connectivity index (χ2v) is 6.59. The number of aromatic nitrogens is 2. The molecule has 0 unspecified atom stereocenters. The Balaban J connectivity index is 1.58. The van der Waals surface area contributed by atoms with Crippen molar-refractivity contribution in [1.29, 1.82) is 0 Å². The van der Waals surface area contributed by atoms with E-state index in [9.17, 15) is 9.59 Å². The predicted octanol–water partition coefficient (Wildman–Crippen LogP) is 2.03. The number of rotatable bonds is 4. The molecule has 1 N–H and O–H groups in total. The first-order valence-electron chi connectivity index (χ1n) is 8.68. The molecule has 0 bridgehead atoms. The smallest absolute Gasteiger partial charge is 0.253 e. The first-order valence-corrected chi connectivity index (χ1v) is 8.68. The van der Waals surface area contributed by atoms with Crippen LogP contribution in [0.2, 0.25) is 0 Å². The van der Waals surface area contributed by atoms with E-state index in [4.69, 9.17) is 0 Å². The van der Waals surface area contributed by atoms with Gasteiger partial charge >= 0.3 is 0 Å². The van der Waals surface area contributed by atoms with E-state index in [-0.39, 0.29) is 17.7 Å². The van der Waals surface area contributed by atoms with Gasteiger partial charge in [0.15, 0.2) is 0 Å². The molecule has 1 aromatic heterocycles. The summed E-state index contributed by atoms with van der Waals surface area (Å²) in [7, 11) is 3.41.